The molecule has 1 unspecified atom stereocenters. The van der Waals surface area contributed by atoms with Crippen molar-refractivity contribution in [3.8, 4) is 0 Å². The van der Waals surface area contributed by atoms with Crippen LogP contribution in [-0.2, 0) is 9.53 Å². The lowest BCUT2D eigenvalue weighted by Gasteiger charge is -2.13. The Balaban J connectivity index is 1.67. The van der Waals surface area contributed by atoms with Gasteiger partial charge in [-0.05, 0) is 37.3 Å². The Labute approximate surface area is 153 Å². The lowest BCUT2D eigenvalue weighted by molar-refractivity contribution is -0.123. The molecule has 0 aliphatic heterocycles. The Morgan fingerprint density at radius 1 is 1.19 bits per heavy atom. The van der Waals surface area contributed by atoms with Gasteiger partial charge in [-0.15, -0.1) is 0 Å². The highest BCUT2D eigenvalue weighted by atomic mass is 35.5. The average molecular weight is 374 g/mol. The molecule has 0 aliphatic rings. The normalized spacial score (nSPS) is 11.8. The van der Waals surface area contributed by atoms with E-state index in [1.165, 1.54) is 25.3 Å². The van der Waals surface area contributed by atoms with Crippen LogP contribution >= 0.6 is 11.6 Å². The standard InChI is InChI=1S/C18H13ClFN3O3/c1-10(17(24)22-11-6-7-13(20)12(19)8-11)26-18(25)16-9-21-14-4-2-3-5-15(14)23-16/h2-10H,1H3,(H,22,24). The van der Waals surface area contributed by atoms with Crippen molar-refractivity contribution in [2.24, 2.45) is 0 Å². The second-order valence-corrected chi connectivity index (χ2v) is 5.82. The van der Waals surface area contributed by atoms with E-state index in [9.17, 15) is 14.0 Å². The topological polar surface area (TPSA) is 81.2 Å². The van der Waals surface area contributed by atoms with Gasteiger partial charge >= 0.3 is 5.97 Å². The van der Waals surface area contributed by atoms with Crippen molar-refractivity contribution in [2.75, 3.05) is 5.32 Å². The number of hydrogen-bond donors (Lipinski definition) is 1. The summed E-state index contributed by atoms with van der Waals surface area (Å²) < 4.78 is 18.3. The molecule has 3 aromatic rings. The van der Waals surface area contributed by atoms with Crippen molar-refractivity contribution < 1.29 is 18.7 Å². The number of ether oxygens (including phenoxy) is 1. The number of nitrogens with zero attached hydrogens (tertiary/aromatic N) is 2. The summed E-state index contributed by atoms with van der Waals surface area (Å²) in [6, 6.07) is 10.8. The summed E-state index contributed by atoms with van der Waals surface area (Å²) in [5.41, 5.74) is 1.46. The molecule has 0 radical (unpaired) electrons. The molecule has 1 atom stereocenters. The fraction of sp³-hybridized carbons (Fsp3) is 0.111. The highest BCUT2D eigenvalue weighted by Crippen LogP contribution is 2.19. The molecule has 2 aromatic carbocycles. The number of carbonyl (C=O) groups excluding carboxylic acids is 2. The summed E-state index contributed by atoms with van der Waals surface area (Å²) in [5, 5.41) is 2.37. The highest BCUT2D eigenvalue weighted by Gasteiger charge is 2.20. The van der Waals surface area contributed by atoms with Crippen LogP contribution in [0.15, 0.2) is 48.7 Å². The van der Waals surface area contributed by atoms with Gasteiger partial charge in [0.1, 0.15) is 5.82 Å². The summed E-state index contributed by atoms with van der Waals surface area (Å²) >= 11 is 5.66. The fourth-order valence-electron chi connectivity index (χ4n) is 2.15. The second-order valence-electron chi connectivity index (χ2n) is 5.41. The fourth-order valence-corrected chi connectivity index (χ4v) is 2.33. The van der Waals surface area contributed by atoms with Gasteiger partial charge in [-0.25, -0.2) is 14.2 Å². The van der Waals surface area contributed by atoms with E-state index in [1.54, 1.807) is 18.2 Å². The molecule has 0 fully saturated rings. The molecule has 26 heavy (non-hydrogen) atoms. The molecule has 1 aromatic heterocycles. The number of nitrogens with one attached hydrogen (secondary N) is 1. The zero-order valence-electron chi connectivity index (χ0n) is 13.6. The first-order valence-electron chi connectivity index (χ1n) is 7.63. The Morgan fingerprint density at radius 2 is 1.92 bits per heavy atom. The van der Waals surface area contributed by atoms with Crippen molar-refractivity contribution in [2.45, 2.75) is 13.0 Å². The molecule has 1 heterocycles. The summed E-state index contributed by atoms with van der Waals surface area (Å²) in [6.07, 6.45) is 0.189. The van der Waals surface area contributed by atoms with Crippen molar-refractivity contribution in [3.05, 3.63) is 65.2 Å². The number of hydrogen-bond acceptors (Lipinski definition) is 5. The maximum Gasteiger partial charge on any atom is 0.359 e. The largest absolute Gasteiger partial charge is 0.448 e. The summed E-state index contributed by atoms with van der Waals surface area (Å²) in [4.78, 5) is 32.6. The molecule has 0 saturated heterocycles. The summed E-state index contributed by atoms with van der Waals surface area (Å²) in [6.45, 7) is 1.41. The third-order valence-corrected chi connectivity index (χ3v) is 3.79. The van der Waals surface area contributed by atoms with E-state index < -0.39 is 23.8 Å². The molecule has 3 rings (SSSR count). The maximum atomic E-state index is 13.1. The van der Waals surface area contributed by atoms with Gasteiger partial charge in [-0.3, -0.25) is 9.78 Å². The van der Waals surface area contributed by atoms with E-state index in [0.29, 0.717) is 11.0 Å². The van der Waals surface area contributed by atoms with E-state index in [1.807, 2.05) is 6.07 Å². The predicted octanol–water partition coefficient (Wildman–Crippen LogP) is 3.61. The van der Waals surface area contributed by atoms with E-state index in [0.717, 1.165) is 6.07 Å². The molecule has 0 aliphatic carbocycles. The van der Waals surface area contributed by atoms with Crippen LogP contribution in [0.3, 0.4) is 0 Å². The predicted molar refractivity (Wildman–Crippen MR) is 94.5 cm³/mol. The van der Waals surface area contributed by atoms with Gasteiger partial charge in [0.05, 0.1) is 22.3 Å². The molecule has 0 spiro atoms. The number of anilines is 1. The van der Waals surface area contributed by atoms with Crippen molar-refractivity contribution in [1.29, 1.82) is 0 Å². The van der Waals surface area contributed by atoms with Crippen LogP contribution in [0.4, 0.5) is 10.1 Å². The van der Waals surface area contributed by atoms with Crippen LogP contribution in [0.1, 0.15) is 17.4 Å². The van der Waals surface area contributed by atoms with Gasteiger partial charge in [0, 0.05) is 5.69 Å². The zero-order valence-corrected chi connectivity index (χ0v) is 14.3. The first kappa shape index (κ1) is 17.8. The van der Waals surface area contributed by atoms with E-state index in [4.69, 9.17) is 16.3 Å². The lowest BCUT2D eigenvalue weighted by atomic mass is 10.3. The van der Waals surface area contributed by atoms with Crippen molar-refractivity contribution >= 4 is 40.2 Å². The third-order valence-electron chi connectivity index (χ3n) is 3.50. The molecule has 8 heteroatoms. The monoisotopic (exact) mass is 373 g/mol. The van der Waals surface area contributed by atoms with Gasteiger partial charge in [0.25, 0.3) is 5.91 Å². The number of rotatable bonds is 4. The van der Waals surface area contributed by atoms with Crippen molar-refractivity contribution in [3.63, 3.8) is 0 Å². The van der Waals surface area contributed by atoms with Gasteiger partial charge < -0.3 is 10.1 Å². The van der Waals surface area contributed by atoms with Crippen LogP contribution in [0.5, 0.6) is 0 Å². The Kier molecular flexibility index (Phi) is 5.09. The molecule has 6 nitrogen and oxygen atoms in total. The number of para-hydroxylation sites is 2. The number of amides is 1. The van der Waals surface area contributed by atoms with Crippen LogP contribution in [0.25, 0.3) is 11.0 Å². The molecule has 0 bridgehead atoms. The minimum atomic E-state index is -1.10. The van der Waals surface area contributed by atoms with Gasteiger partial charge in [-0.2, -0.15) is 0 Å². The van der Waals surface area contributed by atoms with E-state index in [2.05, 4.69) is 15.3 Å². The van der Waals surface area contributed by atoms with Crippen LogP contribution < -0.4 is 5.32 Å². The van der Waals surface area contributed by atoms with Crippen LogP contribution in [-0.4, -0.2) is 27.9 Å². The zero-order chi connectivity index (χ0) is 18.7. The molecular formula is C18H13ClFN3O3. The molecule has 0 saturated carbocycles. The Morgan fingerprint density at radius 3 is 2.65 bits per heavy atom. The molecule has 132 valence electrons. The first-order valence-corrected chi connectivity index (χ1v) is 8.00. The van der Waals surface area contributed by atoms with E-state index >= 15 is 0 Å². The van der Waals surface area contributed by atoms with Crippen molar-refractivity contribution in [1.82, 2.24) is 9.97 Å². The number of fused-ring (bicyclic) bond motifs is 1. The van der Waals surface area contributed by atoms with Gasteiger partial charge in [0.2, 0.25) is 0 Å². The number of aromatic nitrogens is 2. The Bertz CT molecular complexity index is 996. The van der Waals surface area contributed by atoms with E-state index in [-0.39, 0.29) is 16.4 Å². The molecule has 1 amide bonds. The van der Waals surface area contributed by atoms with Crippen LogP contribution in [0, 0.1) is 5.82 Å². The number of halogens is 2. The number of benzene rings is 2. The number of carbonyl (C=O) groups is 2. The second kappa shape index (κ2) is 7.45. The molecule has 1 N–H and O–H groups in total. The maximum absolute atomic E-state index is 13.1. The number of esters is 1. The van der Waals surface area contributed by atoms with Gasteiger partial charge in [-0.1, -0.05) is 23.7 Å². The Hall–Kier alpha value is -3.06. The average Bonchev–Trinajstić information content (AvgIpc) is 2.64. The van der Waals surface area contributed by atoms with Gasteiger partial charge in [0.15, 0.2) is 11.8 Å². The molecular weight excluding hydrogens is 361 g/mol. The summed E-state index contributed by atoms with van der Waals surface area (Å²) in [7, 11) is 0. The SMILES string of the molecule is CC(OC(=O)c1cnc2ccccc2n1)C(=O)Nc1ccc(F)c(Cl)c1. The third kappa shape index (κ3) is 3.94. The summed E-state index contributed by atoms with van der Waals surface area (Å²) in [5.74, 6) is -1.96. The quantitative estimate of drug-likeness (QED) is 0.706. The minimum Gasteiger partial charge on any atom is -0.448 e. The smallest absolute Gasteiger partial charge is 0.359 e. The highest BCUT2D eigenvalue weighted by molar-refractivity contribution is 6.31. The minimum absolute atomic E-state index is 0.00632. The lowest BCUT2D eigenvalue weighted by Crippen LogP contribution is -2.30. The van der Waals surface area contributed by atoms with Crippen LogP contribution in [0.2, 0.25) is 5.02 Å². The first-order chi connectivity index (χ1) is 12.4.